The third kappa shape index (κ3) is 3.07. The number of aromatic nitrogens is 2. The third-order valence-electron chi connectivity index (χ3n) is 4.78. The number of nitrogens with zero attached hydrogens (tertiary/aromatic N) is 4. The molecule has 2 saturated heterocycles. The van der Waals surface area contributed by atoms with Gasteiger partial charge < -0.3 is 14.4 Å². The van der Waals surface area contributed by atoms with Crippen molar-refractivity contribution in [3.8, 4) is 5.88 Å². The van der Waals surface area contributed by atoms with Crippen LogP contribution in [0, 0.1) is 0 Å². The van der Waals surface area contributed by atoms with E-state index in [2.05, 4.69) is 50.1 Å². The Hall–Kier alpha value is -2.18. The molecule has 3 heterocycles. The molecule has 2 aromatic rings. The first-order chi connectivity index (χ1) is 11.8. The van der Waals surface area contributed by atoms with E-state index < -0.39 is 0 Å². The zero-order valence-electron chi connectivity index (χ0n) is 13.8. The van der Waals surface area contributed by atoms with Crippen molar-refractivity contribution in [2.24, 2.45) is 0 Å². The molecule has 0 unspecified atom stereocenters. The maximum Gasteiger partial charge on any atom is 0.233 e. The van der Waals surface area contributed by atoms with Crippen LogP contribution in [-0.4, -0.2) is 60.4 Å². The Balaban J connectivity index is 1.49. The summed E-state index contributed by atoms with van der Waals surface area (Å²) in [6.07, 6.45) is 3.64. The molecule has 0 radical (unpaired) electrons. The summed E-state index contributed by atoms with van der Waals surface area (Å²) in [6.45, 7) is 4.46. The van der Waals surface area contributed by atoms with Crippen molar-refractivity contribution in [2.75, 3.05) is 38.3 Å². The van der Waals surface area contributed by atoms with Crippen molar-refractivity contribution in [2.45, 2.75) is 18.7 Å². The van der Waals surface area contributed by atoms with Crippen LogP contribution >= 0.6 is 0 Å². The molecule has 24 heavy (non-hydrogen) atoms. The minimum absolute atomic E-state index is 0.218. The summed E-state index contributed by atoms with van der Waals surface area (Å²) in [7, 11) is 1.61. The smallest absolute Gasteiger partial charge is 0.233 e. The molecule has 0 spiro atoms. The second-order valence-corrected chi connectivity index (χ2v) is 6.26. The van der Waals surface area contributed by atoms with Crippen LogP contribution < -0.4 is 9.64 Å². The van der Waals surface area contributed by atoms with Crippen molar-refractivity contribution in [3.63, 3.8) is 0 Å². The first-order valence-corrected chi connectivity index (χ1v) is 8.34. The molecular formula is C18H22N4O2. The molecule has 0 saturated carbocycles. The van der Waals surface area contributed by atoms with Gasteiger partial charge in [0.05, 0.1) is 38.3 Å². The zero-order chi connectivity index (χ0) is 16.4. The van der Waals surface area contributed by atoms with Crippen LogP contribution in [0.25, 0.3) is 0 Å². The third-order valence-corrected chi connectivity index (χ3v) is 4.78. The number of morpholine rings is 1. The fraction of sp³-hybridized carbons (Fsp3) is 0.444. The molecular weight excluding hydrogens is 304 g/mol. The van der Waals surface area contributed by atoms with Crippen LogP contribution in [0.2, 0.25) is 0 Å². The summed E-state index contributed by atoms with van der Waals surface area (Å²) in [6, 6.07) is 11.0. The molecule has 0 bridgehead atoms. The van der Waals surface area contributed by atoms with Crippen LogP contribution in [0.15, 0.2) is 42.7 Å². The fourth-order valence-corrected chi connectivity index (χ4v) is 3.55. The van der Waals surface area contributed by atoms with Gasteiger partial charge in [-0.3, -0.25) is 9.88 Å². The van der Waals surface area contributed by atoms with Crippen molar-refractivity contribution < 1.29 is 9.47 Å². The highest BCUT2D eigenvalue weighted by molar-refractivity contribution is 5.40. The highest BCUT2D eigenvalue weighted by atomic mass is 16.5. The van der Waals surface area contributed by atoms with E-state index in [-0.39, 0.29) is 6.10 Å². The molecule has 1 aromatic carbocycles. The van der Waals surface area contributed by atoms with Crippen LogP contribution in [0.5, 0.6) is 5.88 Å². The van der Waals surface area contributed by atoms with E-state index >= 15 is 0 Å². The summed E-state index contributed by atoms with van der Waals surface area (Å²) in [4.78, 5) is 13.5. The van der Waals surface area contributed by atoms with Gasteiger partial charge in [0.1, 0.15) is 0 Å². The van der Waals surface area contributed by atoms with Gasteiger partial charge in [0, 0.05) is 26.2 Å². The van der Waals surface area contributed by atoms with Crippen LogP contribution in [0.1, 0.15) is 5.56 Å². The maximum absolute atomic E-state index is 6.02. The van der Waals surface area contributed by atoms with Gasteiger partial charge in [-0.15, -0.1) is 0 Å². The highest BCUT2D eigenvalue weighted by Gasteiger charge is 2.40. The number of rotatable bonds is 4. The van der Waals surface area contributed by atoms with Gasteiger partial charge in [0.25, 0.3) is 0 Å². The van der Waals surface area contributed by atoms with E-state index in [0.29, 0.717) is 11.9 Å². The van der Waals surface area contributed by atoms with Crippen molar-refractivity contribution in [1.29, 1.82) is 0 Å². The largest absolute Gasteiger partial charge is 0.480 e. The van der Waals surface area contributed by atoms with Crippen LogP contribution in [0.4, 0.5) is 5.82 Å². The Labute approximate surface area is 142 Å². The molecule has 2 aliphatic rings. The van der Waals surface area contributed by atoms with E-state index in [4.69, 9.17) is 9.47 Å². The van der Waals surface area contributed by atoms with Crippen LogP contribution in [0.3, 0.4) is 0 Å². The first kappa shape index (κ1) is 15.4. The normalized spacial score (nSPS) is 24.0. The molecule has 4 rings (SSSR count). The predicted molar refractivity (Wildman–Crippen MR) is 91.2 cm³/mol. The molecule has 126 valence electrons. The molecule has 2 atom stereocenters. The standard InChI is InChI=1S/C18H22N4O2/c1-23-18-10-19-9-17(20-18)22-12-15-16(13-22)24-8-7-21(15)11-14-5-3-2-4-6-14/h2-6,9-10,15-16H,7-8,11-13H2,1H3/t15-,16+/m0/s1. The van der Waals surface area contributed by atoms with Gasteiger partial charge in [0.2, 0.25) is 5.88 Å². The summed E-state index contributed by atoms with van der Waals surface area (Å²) in [5.41, 5.74) is 1.35. The minimum Gasteiger partial charge on any atom is -0.480 e. The average molecular weight is 326 g/mol. The lowest BCUT2D eigenvalue weighted by Gasteiger charge is -2.36. The van der Waals surface area contributed by atoms with E-state index in [9.17, 15) is 0 Å². The second kappa shape index (κ2) is 6.75. The van der Waals surface area contributed by atoms with Gasteiger partial charge in [-0.2, -0.15) is 4.98 Å². The first-order valence-electron chi connectivity index (χ1n) is 8.34. The Morgan fingerprint density at radius 2 is 2.08 bits per heavy atom. The van der Waals surface area contributed by atoms with Gasteiger partial charge in [0.15, 0.2) is 5.82 Å². The number of methoxy groups -OCH3 is 1. The number of anilines is 1. The number of fused-ring (bicyclic) bond motifs is 1. The van der Waals surface area contributed by atoms with Gasteiger partial charge in [-0.1, -0.05) is 30.3 Å². The monoisotopic (exact) mass is 326 g/mol. The zero-order valence-corrected chi connectivity index (χ0v) is 13.8. The molecule has 6 heteroatoms. The van der Waals surface area contributed by atoms with Gasteiger partial charge in [-0.25, -0.2) is 0 Å². The van der Waals surface area contributed by atoms with Crippen molar-refractivity contribution in [1.82, 2.24) is 14.9 Å². The van der Waals surface area contributed by atoms with Crippen molar-refractivity contribution >= 4 is 5.82 Å². The second-order valence-electron chi connectivity index (χ2n) is 6.26. The average Bonchev–Trinajstić information content (AvgIpc) is 3.08. The Morgan fingerprint density at radius 3 is 2.92 bits per heavy atom. The predicted octanol–water partition coefficient (Wildman–Crippen LogP) is 1.57. The Morgan fingerprint density at radius 1 is 1.21 bits per heavy atom. The van der Waals surface area contributed by atoms with Gasteiger partial charge in [-0.05, 0) is 5.56 Å². The van der Waals surface area contributed by atoms with E-state index in [1.807, 2.05) is 0 Å². The lowest BCUT2D eigenvalue weighted by molar-refractivity contribution is -0.0499. The fourth-order valence-electron chi connectivity index (χ4n) is 3.55. The number of hydrogen-bond donors (Lipinski definition) is 0. The molecule has 1 aromatic heterocycles. The van der Waals surface area contributed by atoms with E-state index in [1.54, 1.807) is 19.5 Å². The van der Waals surface area contributed by atoms with E-state index in [1.165, 1.54) is 5.56 Å². The molecule has 2 aliphatic heterocycles. The number of ether oxygens (including phenoxy) is 2. The molecule has 2 fully saturated rings. The summed E-state index contributed by atoms with van der Waals surface area (Å²) >= 11 is 0. The molecule has 0 N–H and O–H groups in total. The van der Waals surface area contributed by atoms with Crippen molar-refractivity contribution in [3.05, 3.63) is 48.3 Å². The number of hydrogen-bond acceptors (Lipinski definition) is 6. The molecule has 0 aliphatic carbocycles. The maximum atomic E-state index is 6.02. The summed E-state index contributed by atoms with van der Waals surface area (Å²) < 4.78 is 11.2. The minimum atomic E-state index is 0.218. The quantitative estimate of drug-likeness (QED) is 0.850. The summed E-state index contributed by atoms with van der Waals surface area (Å²) in [5.74, 6) is 1.40. The Kier molecular flexibility index (Phi) is 4.32. The van der Waals surface area contributed by atoms with E-state index in [0.717, 1.165) is 38.6 Å². The van der Waals surface area contributed by atoms with Crippen LogP contribution in [-0.2, 0) is 11.3 Å². The number of benzene rings is 1. The Bertz CT molecular complexity index is 682. The summed E-state index contributed by atoms with van der Waals surface area (Å²) in [5, 5.41) is 0. The lowest BCUT2D eigenvalue weighted by Crippen LogP contribution is -2.50. The molecule has 6 nitrogen and oxygen atoms in total. The SMILES string of the molecule is COc1cncc(N2C[C@H]3OCCN(Cc4ccccc4)[C@H]3C2)n1. The topological polar surface area (TPSA) is 50.7 Å². The molecule has 0 amide bonds. The highest BCUT2D eigenvalue weighted by Crippen LogP contribution is 2.27. The lowest BCUT2D eigenvalue weighted by atomic mass is 10.1. The van der Waals surface area contributed by atoms with Gasteiger partial charge >= 0.3 is 0 Å².